The van der Waals surface area contributed by atoms with E-state index in [-0.39, 0.29) is 23.7 Å². The molecule has 2 rings (SSSR count). The van der Waals surface area contributed by atoms with E-state index in [0.29, 0.717) is 12.3 Å². The van der Waals surface area contributed by atoms with Crippen LogP contribution >= 0.6 is 0 Å². The minimum Gasteiger partial charge on any atom is -0.489 e. The van der Waals surface area contributed by atoms with E-state index in [0.717, 1.165) is 25.9 Å². The molecule has 5 heteroatoms. The van der Waals surface area contributed by atoms with Crippen LogP contribution in [0, 0.1) is 11.7 Å². The summed E-state index contributed by atoms with van der Waals surface area (Å²) in [6.07, 6.45) is 1.57. The van der Waals surface area contributed by atoms with Crippen LogP contribution in [-0.2, 0) is 4.79 Å². The standard InChI is InChI=1S/C15H21FN2O2/c1-11(20-14-4-2-3-13(16)9-14)10-18-15(19)12-5-7-17-8-6-12/h2-4,9,11-12,17H,5-8,10H2,1H3,(H,18,19). The third-order valence-electron chi connectivity index (χ3n) is 3.41. The van der Waals surface area contributed by atoms with E-state index in [1.165, 1.54) is 12.1 Å². The number of carbonyl (C=O) groups is 1. The third-order valence-corrected chi connectivity index (χ3v) is 3.41. The average Bonchev–Trinajstić information content (AvgIpc) is 2.46. The molecule has 1 aliphatic rings. The Balaban J connectivity index is 1.74. The van der Waals surface area contributed by atoms with Gasteiger partial charge in [-0.1, -0.05) is 6.07 Å². The van der Waals surface area contributed by atoms with Crippen molar-refractivity contribution in [2.45, 2.75) is 25.9 Å². The Morgan fingerprint density at radius 1 is 1.50 bits per heavy atom. The second-order valence-corrected chi connectivity index (χ2v) is 5.16. The Morgan fingerprint density at radius 3 is 2.95 bits per heavy atom. The molecule has 2 N–H and O–H groups in total. The first-order chi connectivity index (χ1) is 9.65. The van der Waals surface area contributed by atoms with Gasteiger partial charge < -0.3 is 15.4 Å². The molecule has 1 aliphatic heterocycles. The van der Waals surface area contributed by atoms with Gasteiger partial charge in [0.2, 0.25) is 5.91 Å². The molecule has 0 bridgehead atoms. The van der Waals surface area contributed by atoms with Crippen LogP contribution in [0.4, 0.5) is 4.39 Å². The largest absolute Gasteiger partial charge is 0.489 e. The highest BCUT2D eigenvalue weighted by atomic mass is 19.1. The Bertz CT molecular complexity index is 447. The van der Waals surface area contributed by atoms with Crippen LogP contribution in [-0.4, -0.2) is 31.6 Å². The first-order valence-electron chi connectivity index (χ1n) is 7.06. The fraction of sp³-hybridized carbons (Fsp3) is 0.533. The molecule has 1 heterocycles. The number of amides is 1. The molecule has 1 aromatic rings. The zero-order valence-electron chi connectivity index (χ0n) is 11.7. The van der Waals surface area contributed by atoms with Gasteiger partial charge in [-0.3, -0.25) is 4.79 Å². The number of nitrogens with one attached hydrogen (secondary N) is 2. The van der Waals surface area contributed by atoms with Crippen molar-refractivity contribution in [2.24, 2.45) is 5.92 Å². The van der Waals surface area contributed by atoms with Crippen molar-refractivity contribution in [3.63, 3.8) is 0 Å². The van der Waals surface area contributed by atoms with Gasteiger partial charge in [0, 0.05) is 12.0 Å². The van der Waals surface area contributed by atoms with E-state index in [2.05, 4.69) is 10.6 Å². The van der Waals surface area contributed by atoms with Gasteiger partial charge in [-0.05, 0) is 45.0 Å². The molecular weight excluding hydrogens is 259 g/mol. The summed E-state index contributed by atoms with van der Waals surface area (Å²) in [4.78, 5) is 12.0. The van der Waals surface area contributed by atoms with Crippen molar-refractivity contribution in [3.8, 4) is 5.75 Å². The van der Waals surface area contributed by atoms with Crippen LogP contribution in [0.1, 0.15) is 19.8 Å². The van der Waals surface area contributed by atoms with Gasteiger partial charge in [0.1, 0.15) is 17.7 Å². The van der Waals surface area contributed by atoms with E-state index >= 15 is 0 Å². The molecule has 0 aromatic heterocycles. The Labute approximate surface area is 118 Å². The number of benzene rings is 1. The summed E-state index contributed by atoms with van der Waals surface area (Å²) in [6.45, 7) is 4.08. The molecule has 1 saturated heterocycles. The molecule has 1 atom stereocenters. The highest BCUT2D eigenvalue weighted by Gasteiger charge is 2.21. The molecule has 1 amide bonds. The van der Waals surface area contributed by atoms with Gasteiger partial charge in [0.05, 0.1) is 6.54 Å². The van der Waals surface area contributed by atoms with Crippen molar-refractivity contribution in [2.75, 3.05) is 19.6 Å². The van der Waals surface area contributed by atoms with E-state index < -0.39 is 0 Å². The fourth-order valence-electron chi connectivity index (χ4n) is 2.29. The average molecular weight is 280 g/mol. The van der Waals surface area contributed by atoms with Crippen LogP contribution in [0.25, 0.3) is 0 Å². The smallest absolute Gasteiger partial charge is 0.223 e. The molecule has 0 aliphatic carbocycles. The zero-order chi connectivity index (χ0) is 14.4. The number of rotatable bonds is 5. The number of piperidine rings is 1. The SMILES string of the molecule is CC(CNC(=O)C1CCNCC1)Oc1cccc(F)c1. The first-order valence-corrected chi connectivity index (χ1v) is 7.06. The van der Waals surface area contributed by atoms with E-state index in [1.807, 2.05) is 6.92 Å². The van der Waals surface area contributed by atoms with Crippen LogP contribution in [0.3, 0.4) is 0 Å². The maximum atomic E-state index is 13.0. The molecule has 0 spiro atoms. The van der Waals surface area contributed by atoms with Gasteiger partial charge in [-0.15, -0.1) is 0 Å². The number of hydrogen-bond acceptors (Lipinski definition) is 3. The van der Waals surface area contributed by atoms with Crippen molar-refractivity contribution in [1.29, 1.82) is 0 Å². The maximum absolute atomic E-state index is 13.0. The Morgan fingerprint density at radius 2 is 2.25 bits per heavy atom. The lowest BCUT2D eigenvalue weighted by molar-refractivity contribution is -0.126. The summed E-state index contributed by atoms with van der Waals surface area (Å²) in [6, 6.07) is 6.01. The van der Waals surface area contributed by atoms with E-state index in [4.69, 9.17) is 4.74 Å². The van der Waals surface area contributed by atoms with Crippen LogP contribution in [0.5, 0.6) is 5.75 Å². The van der Waals surface area contributed by atoms with Crippen LogP contribution in [0.2, 0.25) is 0 Å². The lowest BCUT2D eigenvalue weighted by Crippen LogP contribution is -2.41. The molecule has 1 unspecified atom stereocenters. The minimum absolute atomic E-state index is 0.0844. The second kappa shape index (κ2) is 7.24. The predicted octanol–water partition coefficient (Wildman–Crippen LogP) is 1.71. The number of hydrogen-bond donors (Lipinski definition) is 2. The zero-order valence-corrected chi connectivity index (χ0v) is 11.7. The number of ether oxygens (including phenoxy) is 1. The highest BCUT2D eigenvalue weighted by molar-refractivity contribution is 5.78. The molecule has 1 fully saturated rings. The van der Waals surface area contributed by atoms with Gasteiger partial charge >= 0.3 is 0 Å². The van der Waals surface area contributed by atoms with Crippen molar-refractivity contribution >= 4 is 5.91 Å². The molecule has 0 radical (unpaired) electrons. The maximum Gasteiger partial charge on any atom is 0.223 e. The molecule has 1 aromatic carbocycles. The molecule has 20 heavy (non-hydrogen) atoms. The fourth-order valence-corrected chi connectivity index (χ4v) is 2.29. The molecular formula is C15H21FN2O2. The van der Waals surface area contributed by atoms with Crippen molar-refractivity contribution in [1.82, 2.24) is 10.6 Å². The molecule has 4 nitrogen and oxygen atoms in total. The Kier molecular flexibility index (Phi) is 5.35. The van der Waals surface area contributed by atoms with Crippen LogP contribution in [0.15, 0.2) is 24.3 Å². The molecule has 0 saturated carbocycles. The highest BCUT2D eigenvalue weighted by Crippen LogP contribution is 2.14. The summed E-state index contributed by atoms with van der Waals surface area (Å²) in [7, 11) is 0. The monoisotopic (exact) mass is 280 g/mol. The third kappa shape index (κ3) is 4.49. The quantitative estimate of drug-likeness (QED) is 0.863. The Hall–Kier alpha value is -1.62. The predicted molar refractivity (Wildman–Crippen MR) is 75.1 cm³/mol. The minimum atomic E-state index is -0.326. The number of halogens is 1. The van der Waals surface area contributed by atoms with Gasteiger partial charge in [0.15, 0.2) is 0 Å². The first kappa shape index (κ1) is 14.8. The summed E-state index contributed by atoms with van der Waals surface area (Å²) in [5.74, 6) is 0.334. The van der Waals surface area contributed by atoms with Gasteiger partial charge in [-0.2, -0.15) is 0 Å². The van der Waals surface area contributed by atoms with E-state index in [9.17, 15) is 9.18 Å². The topological polar surface area (TPSA) is 50.4 Å². The second-order valence-electron chi connectivity index (χ2n) is 5.16. The van der Waals surface area contributed by atoms with Gasteiger partial charge in [0.25, 0.3) is 0 Å². The number of carbonyl (C=O) groups excluding carboxylic acids is 1. The summed E-state index contributed by atoms with van der Waals surface area (Å²) < 4.78 is 18.6. The summed E-state index contributed by atoms with van der Waals surface area (Å²) >= 11 is 0. The van der Waals surface area contributed by atoms with E-state index in [1.54, 1.807) is 12.1 Å². The van der Waals surface area contributed by atoms with Crippen molar-refractivity contribution < 1.29 is 13.9 Å². The van der Waals surface area contributed by atoms with Gasteiger partial charge in [-0.25, -0.2) is 4.39 Å². The molecule has 110 valence electrons. The summed E-state index contributed by atoms with van der Waals surface area (Å²) in [5.41, 5.74) is 0. The summed E-state index contributed by atoms with van der Waals surface area (Å²) in [5, 5.41) is 6.13. The normalized spacial score (nSPS) is 17.5. The van der Waals surface area contributed by atoms with Crippen molar-refractivity contribution in [3.05, 3.63) is 30.1 Å². The lowest BCUT2D eigenvalue weighted by Gasteiger charge is -2.23. The van der Waals surface area contributed by atoms with Crippen LogP contribution < -0.4 is 15.4 Å². The lowest BCUT2D eigenvalue weighted by atomic mass is 9.97.